The summed E-state index contributed by atoms with van der Waals surface area (Å²) in [6, 6.07) is 4.23. The first-order valence-electron chi connectivity index (χ1n) is 9.15. The number of fused-ring (bicyclic) bond motifs is 1. The van der Waals surface area contributed by atoms with Crippen molar-refractivity contribution in [2.45, 2.75) is 48.4 Å². The van der Waals surface area contributed by atoms with E-state index in [0.29, 0.717) is 15.9 Å². The van der Waals surface area contributed by atoms with Crippen LogP contribution in [0.1, 0.15) is 26.7 Å². The van der Waals surface area contributed by atoms with E-state index in [1.807, 2.05) is 0 Å². The molecule has 0 aromatic heterocycles. The molecule has 1 aromatic carbocycles. The predicted octanol–water partition coefficient (Wildman–Crippen LogP) is -0.171. The molecular formula is C18H22N4O6S. The number of thioether (sulfide) groups is 1. The Balaban J connectivity index is 2.12. The number of para-hydroxylation sites is 1. The fraction of sp³-hybridized carbons (Fsp3) is 0.389. The van der Waals surface area contributed by atoms with Gasteiger partial charge in [0.1, 0.15) is 12.1 Å². The quantitative estimate of drug-likeness (QED) is 0.362. The van der Waals surface area contributed by atoms with Crippen LogP contribution in [-0.2, 0) is 24.0 Å². The summed E-state index contributed by atoms with van der Waals surface area (Å²) in [6.07, 6.45) is -0.637. The van der Waals surface area contributed by atoms with Gasteiger partial charge in [0.05, 0.1) is 5.69 Å². The van der Waals surface area contributed by atoms with E-state index in [-0.39, 0.29) is 6.42 Å². The number of carboxylic acid groups (broad SMARTS) is 1. The average Bonchev–Trinajstić information content (AvgIpc) is 2.69. The molecule has 0 spiro atoms. The zero-order valence-corrected chi connectivity index (χ0v) is 16.6. The highest BCUT2D eigenvalue weighted by atomic mass is 32.2. The molecule has 0 saturated carbocycles. The van der Waals surface area contributed by atoms with E-state index in [2.05, 4.69) is 10.6 Å². The fourth-order valence-electron chi connectivity index (χ4n) is 2.51. The number of anilines is 1. The summed E-state index contributed by atoms with van der Waals surface area (Å²) in [5, 5.41) is 14.0. The molecule has 10 nitrogen and oxygen atoms in total. The van der Waals surface area contributed by atoms with Crippen molar-refractivity contribution in [3.05, 3.63) is 24.3 Å². The van der Waals surface area contributed by atoms with Gasteiger partial charge in [-0.3, -0.25) is 24.0 Å². The Morgan fingerprint density at radius 3 is 2.62 bits per heavy atom. The highest BCUT2D eigenvalue weighted by Gasteiger charge is 2.46. The monoisotopic (exact) mass is 423 g/mol. The second kappa shape index (κ2) is 8.95. The van der Waals surface area contributed by atoms with Gasteiger partial charge in [-0.05, 0) is 32.4 Å². The molecule has 6 N–H and O–H groups in total. The van der Waals surface area contributed by atoms with Crippen LogP contribution < -0.4 is 21.7 Å². The lowest BCUT2D eigenvalue weighted by Crippen LogP contribution is -2.58. The number of benzene rings is 1. The predicted molar refractivity (Wildman–Crippen MR) is 105 cm³/mol. The number of amides is 4. The maximum absolute atomic E-state index is 12.9. The lowest BCUT2D eigenvalue weighted by molar-refractivity contribution is -0.137. The number of carbonyl (C=O) groups excluding carboxylic acids is 4. The first kappa shape index (κ1) is 20.6. The first-order chi connectivity index (χ1) is 14.0. The Labute approximate surface area is 172 Å². The fourth-order valence-corrected chi connectivity index (χ4v) is 3.61. The van der Waals surface area contributed by atoms with E-state index < -0.39 is 52.8 Å². The van der Waals surface area contributed by atoms with Gasteiger partial charge >= 0.3 is 5.97 Å². The Kier molecular flexibility index (Phi) is 6.37. The van der Waals surface area contributed by atoms with Gasteiger partial charge < -0.3 is 26.8 Å². The molecule has 3 atom stereocenters. The number of rotatable bonds is 8. The summed E-state index contributed by atoms with van der Waals surface area (Å²) < 4.78 is 6.41. The van der Waals surface area contributed by atoms with Crippen molar-refractivity contribution >= 4 is 47.0 Å². The first-order valence-corrected chi connectivity index (χ1v) is 9.52. The molecule has 2 rings (SSSR count). The van der Waals surface area contributed by atoms with E-state index >= 15 is 0 Å². The van der Waals surface area contributed by atoms with Crippen LogP contribution >= 0.6 is 11.8 Å². The third-order valence-corrected chi connectivity index (χ3v) is 5.63. The second-order valence-electron chi connectivity index (χ2n) is 6.59. The van der Waals surface area contributed by atoms with Crippen molar-refractivity contribution in [3.8, 4) is 0 Å². The van der Waals surface area contributed by atoms with Gasteiger partial charge in [-0.15, -0.1) is 0 Å². The third-order valence-electron chi connectivity index (χ3n) is 4.29. The zero-order chi connectivity index (χ0) is 22.6. The maximum atomic E-state index is 12.9. The van der Waals surface area contributed by atoms with Crippen molar-refractivity contribution in [1.82, 2.24) is 10.6 Å². The smallest absolute Gasteiger partial charge is 0.303 e. The third kappa shape index (κ3) is 5.25. The van der Waals surface area contributed by atoms with Gasteiger partial charge in [-0.1, -0.05) is 23.9 Å². The van der Waals surface area contributed by atoms with Gasteiger partial charge in [-0.25, -0.2) is 0 Å². The lowest BCUT2D eigenvalue weighted by atomic mass is 10.1. The van der Waals surface area contributed by atoms with Crippen LogP contribution in [0.5, 0.6) is 0 Å². The minimum atomic E-state index is -1.68. The van der Waals surface area contributed by atoms with E-state index in [0.717, 1.165) is 11.8 Å². The molecule has 1 aliphatic rings. The normalized spacial score (nSPS) is 20.3. The molecule has 29 heavy (non-hydrogen) atoms. The molecule has 1 aromatic rings. The molecular weight excluding hydrogens is 400 g/mol. The van der Waals surface area contributed by atoms with Crippen molar-refractivity contribution in [1.29, 1.82) is 0 Å². The zero-order valence-electron chi connectivity index (χ0n) is 16.8. The molecule has 11 heteroatoms. The van der Waals surface area contributed by atoms with Crippen LogP contribution in [0, 0.1) is 0 Å². The largest absolute Gasteiger partial charge is 0.481 e. The van der Waals surface area contributed by atoms with Crippen LogP contribution in [0.3, 0.4) is 0 Å². The summed E-state index contributed by atoms with van der Waals surface area (Å²) in [5.41, 5.74) is 5.72. The highest BCUT2D eigenvalue weighted by Crippen LogP contribution is 2.42. The minimum absolute atomic E-state index is 0.234. The van der Waals surface area contributed by atoms with E-state index in [9.17, 15) is 24.0 Å². The maximum Gasteiger partial charge on any atom is 0.303 e. The van der Waals surface area contributed by atoms with Gasteiger partial charge in [0.2, 0.25) is 23.6 Å². The second-order valence-corrected chi connectivity index (χ2v) is 8.05. The molecule has 0 aliphatic carbocycles. The number of hydrogen-bond acceptors (Lipinski definition) is 6. The topological polar surface area (TPSA) is 168 Å². The average molecular weight is 423 g/mol. The van der Waals surface area contributed by atoms with Crippen molar-refractivity contribution in [2.24, 2.45) is 5.73 Å². The van der Waals surface area contributed by atoms with Crippen LogP contribution in [0.4, 0.5) is 5.69 Å². The number of nitrogens with one attached hydrogen (secondary N) is 3. The molecule has 1 unspecified atom stereocenters. The van der Waals surface area contributed by atoms with Crippen LogP contribution in [0.2, 0.25) is 1.41 Å². The number of nitrogens with two attached hydrogens (primary N) is 1. The molecule has 0 saturated heterocycles. The molecule has 0 radical (unpaired) electrons. The van der Waals surface area contributed by atoms with Crippen molar-refractivity contribution < 1.29 is 30.5 Å². The van der Waals surface area contributed by atoms with Gasteiger partial charge in [-0.2, -0.15) is 0 Å². The molecule has 4 amide bonds. The summed E-state index contributed by atoms with van der Waals surface area (Å²) in [7, 11) is 0. The van der Waals surface area contributed by atoms with Crippen LogP contribution in [-0.4, -0.2) is 51.5 Å². The Hall–Kier alpha value is -3.08. The van der Waals surface area contributed by atoms with Crippen molar-refractivity contribution in [3.63, 3.8) is 0 Å². The number of primary amides is 1. The number of carboxylic acids is 1. The Bertz CT molecular complexity index is 897. The molecule has 1 heterocycles. The highest BCUT2D eigenvalue weighted by molar-refractivity contribution is 8.02. The van der Waals surface area contributed by atoms with Crippen molar-refractivity contribution in [2.75, 3.05) is 5.32 Å². The molecule has 1 aliphatic heterocycles. The van der Waals surface area contributed by atoms with E-state index in [1.165, 1.54) is 13.8 Å². The standard InChI is InChI=1S/C18H22N4O6S/c1-9(15(26)21-11(14(19)25)7-8-13(23)24)20-16(27)18(2)17(28)22-10-5-3-4-6-12(10)29-18/h3-6,9,11H,7-8H2,1-2H3,(H2,19,25)(H,20,27)(H,21,26)(H,22,28)(H,23,24)/t9-,11-,18?/m0/s1/i/hD. The number of carbonyl (C=O) groups is 5. The number of hydrogen-bond donors (Lipinski definition) is 5. The summed E-state index contributed by atoms with van der Waals surface area (Å²) >= 11 is 0.969. The lowest BCUT2D eigenvalue weighted by Gasteiger charge is -2.32. The number of aliphatic carboxylic acids is 1. The molecule has 0 bridgehead atoms. The van der Waals surface area contributed by atoms with Gasteiger partial charge in [0.15, 0.2) is 6.16 Å². The molecule has 0 fully saturated rings. The van der Waals surface area contributed by atoms with E-state index in [4.69, 9.17) is 12.3 Å². The van der Waals surface area contributed by atoms with Gasteiger partial charge in [0, 0.05) is 11.3 Å². The Morgan fingerprint density at radius 1 is 1.34 bits per heavy atom. The Morgan fingerprint density at radius 2 is 2.00 bits per heavy atom. The van der Waals surface area contributed by atoms with Crippen LogP contribution in [0.15, 0.2) is 29.2 Å². The van der Waals surface area contributed by atoms with Gasteiger partial charge in [0.25, 0.3) is 0 Å². The van der Waals surface area contributed by atoms with Crippen LogP contribution in [0.25, 0.3) is 0 Å². The van der Waals surface area contributed by atoms with E-state index in [1.54, 1.807) is 24.3 Å². The summed E-state index contributed by atoms with van der Waals surface area (Å²) in [5.74, 6) is -4.54. The SMILES string of the molecule is [2H]N(C(=O)C1(C)Sc2ccccc2NC1=O)[C@@H](C)C(=O)N[C@@H](CCC(=O)O)C(N)=O. The summed E-state index contributed by atoms with van der Waals surface area (Å²) in [6.45, 7) is 2.61. The summed E-state index contributed by atoms with van der Waals surface area (Å²) in [4.78, 5) is 60.7. The molecule has 156 valence electrons. The minimum Gasteiger partial charge on any atom is -0.481 e.